The molecule has 1 aromatic carbocycles. The van der Waals surface area contributed by atoms with Gasteiger partial charge >= 0.3 is 5.97 Å². The molecule has 0 fully saturated rings. The van der Waals surface area contributed by atoms with E-state index in [1.165, 1.54) is 7.11 Å². The van der Waals surface area contributed by atoms with Crippen molar-refractivity contribution in [2.45, 2.75) is 26.4 Å². The summed E-state index contributed by atoms with van der Waals surface area (Å²) in [5.74, 6) is -0.588. The van der Waals surface area contributed by atoms with Crippen molar-refractivity contribution in [3.05, 3.63) is 35.4 Å². The molecule has 0 saturated heterocycles. The third-order valence-corrected chi connectivity index (χ3v) is 2.89. The van der Waals surface area contributed by atoms with Crippen molar-refractivity contribution in [2.24, 2.45) is 11.7 Å². The van der Waals surface area contributed by atoms with Crippen LogP contribution in [0.1, 0.15) is 29.8 Å². The molecule has 0 bridgehead atoms. The van der Waals surface area contributed by atoms with Crippen LogP contribution in [-0.2, 0) is 16.1 Å². The van der Waals surface area contributed by atoms with Gasteiger partial charge in [-0.3, -0.25) is 9.59 Å². The van der Waals surface area contributed by atoms with Crippen LogP contribution in [0.25, 0.3) is 0 Å². The number of amides is 1. The molecule has 1 atom stereocenters. The standard InChI is InChI=1S/C14H20N2O3/c1-9(2)12(14(18)19-3)16-8-10-4-6-11(7-5-10)13(15)17/h4-7,9,12,16H,8H2,1-3H3,(H2,15,17)/t12-/m0/s1. The Bertz CT molecular complexity index is 441. The van der Waals surface area contributed by atoms with E-state index < -0.39 is 5.91 Å². The molecule has 5 heteroatoms. The highest BCUT2D eigenvalue weighted by Crippen LogP contribution is 2.07. The number of methoxy groups -OCH3 is 1. The van der Waals surface area contributed by atoms with Crippen molar-refractivity contribution in [3.8, 4) is 0 Å². The quantitative estimate of drug-likeness (QED) is 0.753. The van der Waals surface area contributed by atoms with Crippen LogP contribution in [0.4, 0.5) is 0 Å². The van der Waals surface area contributed by atoms with Crippen LogP contribution in [0.15, 0.2) is 24.3 Å². The van der Waals surface area contributed by atoms with Gasteiger partial charge in [0.1, 0.15) is 6.04 Å². The summed E-state index contributed by atoms with van der Waals surface area (Å²) < 4.78 is 4.75. The summed E-state index contributed by atoms with van der Waals surface area (Å²) in [5.41, 5.74) is 6.61. The number of nitrogens with one attached hydrogen (secondary N) is 1. The molecule has 0 aliphatic rings. The molecule has 19 heavy (non-hydrogen) atoms. The zero-order valence-corrected chi connectivity index (χ0v) is 11.5. The lowest BCUT2D eigenvalue weighted by Gasteiger charge is -2.19. The second kappa shape index (κ2) is 6.89. The molecule has 0 heterocycles. The smallest absolute Gasteiger partial charge is 0.323 e. The minimum atomic E-state index is -0.450. The number of carbonyl (C=O) groups is 2. The summed E-state index contributed by atoms with van der Waals surface area (Å²) in [6.45, 7) is 4.42. The second-order valence-corrected chi connectivity index (χ2v) is 4.69. The minimum absolute atomic E-state index is 0.136. The summed E-state index contributed by atoms with van der Waals surface area (Å²) in [6, 6.07) is 6.61. The predicted molar refractivity (Wildman–Crippen MR) is 72.4 cm³/mol. The highest BCUT2D eigenvalue weighted by atomic mass is 16.5. The molecule has 5 nitrogen and oxygen atoms in total. The number of hydrogen-bond donors (Lipinski definition) is 2. The van der Waals surface area contributed by atoms with E-state index in [9.17, 15) is 9.59 Å². The van der Waals surface area contributed by atoms with E-state index in [1.54, 1.807) is 12.1 Å². The zero-order chi connectivity index (χ0) is 14.4. The first-order valence-corrected chi connectivity index (χ1v) is 6.15. The molecule has 1 rings (SSSR count). The van der Waals surface area contributed by atoms with Gasteiger partial charge in [-0.2, -0.15) is 0 Å². The number of rotatable bonds is 6. The molecule has 0 unspecified atom stereocenters. The molecule has 0 aliphatic carbocycles. The Labute approximate surface area is 113 Å². The van der Waals surface area contributed by atoms with Crippen LogP contribution in [-0.4, -0.2) is 25.0 Å². The molecular weight excluding hydrogens is 244 g/mol. The maximum Gasteiger partial charge on any atom is 0.323 e. The van der Waals surface area contributed by atoms with Crippen LogP contribution in [0.2, 0.25) is 0 Å². The van der Waals surface area contributed by atoms with E-state index in [4.69, 9.17) is 10.5 Å². The van der Waals surface area contributed by atoms with Crippen molar-refractivity contribution in [1.29, 1.82) is 0 Å². The summed E-state index contributed by atoms with van der Waals surface area (Å²) >= 11 is 0. The molecule has 1 aromatic rings. The van der Waals surface area contributed by atoms with Gasteiger partial charge in [-0.05, 0) is 23.6 Å². The van der Waals surface area contributed by atoms with Crippen molar-refractivity contribution < 1.29 is 14.3 Å². The molecular formula is C14H20N2O3. The lowest BCUT2D eigenvalue weighted by Crippen LogP contribution is -2.41. The fraction of sp³-hybridized carbons (Fsp3) is 0.429. The Morgan fingerprint density at radius 1 is 1.26 bits per heavy atom. The van der Waals surface area contributed by atoms with Gasteiger partial charge in [0.25, 0.3) is 0 Å². The van der Waals surface area contributed by atoms with E-state index in [0.717, 1.165) is 5.56 Å². The van der Waals surface area contributed by atoms with Crippen LogP contribution in [0.3, 0.4) is 0 Å². The third-order valence-electron chi connectivity index (χ3n) is 2.89. The zero-order valence-electron chi connectivity index (χ0n) is 11.5. The van der Waals surface area contributed by atoms with Gasteiger partial charge in [0.05, 0.1) is 7.11 Å². The van der Waals surface area contributed by atoms with Gasteiger partial charge in [-0.25, -0.2) is 0 Å². The van der Waals surface area contributed by atoms with Crippen LogP contribution >= 0.6 is 0 Å². The van der Waals surface area contributed by atoms with Gasteiger partial charge in [0, 0.05) is 12.1 Å². The first kappa shape index (κ1) is 15.2. The van der Waals surface area contributed by atoms with E-state index in [-0.39, 0.29) is 17.9 Å². The number of benzene rings is 1. The van der Waals surface area contributed by atoms with Crippen molar-refractivity contribution in [3.63, 3.8) is 0 Å². The van der Waals surface area contributed by atoms with E-state index in [0.29, 0.717) is 12.1 Å². The first-order chi connectivity index (χ1) is 8.95. The van der Waals surface area contributed by atoms with Crippen molar-refractivity contribution in [2.75, 3.05) is 7.11 Å². The first-order valence-electron chi connectivity index (χ1n) is 6.15. The van der Waals surface area contributed by atoms with E-state index in [1.807, 2.05) is 26.0 Å². The number of primary amides is 1. The van der Waals surface area contributed by atoms with Gasteiger partial charge in [0.15, 0.2) is 0 Å². The fourth-order valence-corrected chi connectivity index (χ4v) is 1.73. The molecule has 0 saturated carbocycles. The van der Waals surface area contributed by atoms with Gasteiger partial charge in [-0.1, -0.05) is 26.0 Å². The average molecular weight is 264 g/mol. The Hall–Kier alpha value is -1.88. The number of carbonyl (C=O) groups excluding carboxylic acids is 2. The maximum absolute atomic E-state index is 11.6. The highest BCUT2D eigenvalue weighted by molar-refractivity contribution is 5.92. The topological polar surface area (TPSA) is 81.4 Å². The second-order valence-electron chi connectivity index (χ2n) is 4.69. The molecule has 0 spiro atoms. The minimum Gasteiger partial charge on any atom is -0.468 e. The third kappa shape index (κ3) is 4.37. The number of esters is 1. The molecule has 104 valence electrons. The number of ether oxygens (including phenoxy) is 1. The Kier molecular flexibility index (Phi) is 5.51. The largest absolute Gasteiger partial charge is 0.468 e. The van der Waals surface area contributed by atoms with Gasteiger partial charge in [-0.15, -0.1) is 0 Å². The monoisotopic (exact) mass is 264 g/mol. The van der Waals surface area contributed by atoms with Crippen LogP contribution in [0, 0.1) is 5.92 Å². The summed E-state index contributed by atoms with van der Waals surface area (Å²) in [5, 5.41) is 3.14. The SMILES string of the molecule is COC(=O)[C@@H](NCc1ccc(C(N)=O)cc1)C(C)C. The van der Waals surface area contributed by atoms with E-state index in [2.05, 4.69) is 5.32 Å². The van der Waals surface area contributed by atoms with E-state index >= 15 is 0 Å². The molecule has 0 radical (unpaired) electrons. The van der Waals surface area contributed by atoms with Gasteiger partial charge < -0.3 is 15.8 Å². The Morgan fingerprint density at radius 3 is 2.26 bits per heavy atom. The fourth-order valence-electron chi connectivity index (χ4n) is 1.73. The molecule has 0 aromatic heterocycles. The lowest BCUT2D eigenvalue weighted by atomic mass is 10.0. The normalized spacial score (nSPS) is 12.2. The molecule has 3 N–H and O–H groups in total. The summed E-state index contributed by atoms with van der Waals surface area (Å²) in [4.78, 5) is 22.5. The molecule has 0 aliphatic heterocycles. The van der Waals surface area contributed by atoms with Gasteiger partial charge in [0.2, 0.25) is 5.91 Å². The van der Waals surface area contributed by atoms with Crippen LogP contribution in [0.5, 0.6) is 0 Å². The number of hydrogen-bond acceptors (Lipinski definition) is 4. The Morgan fingerprint density at radius 2 is 1.84 bits per heavy atom. The van der Waals surface area contributed by atoms with Crippen LogP contribution < -0.4 is 11.1 Å². The summed E-state index contributed by atoms with van der Waals surface area (Å²) in [7, 11) is 1.38. The van der Waals surface area contributed by atoms with Crippen molar-refractivity contribution >= 4 is 11.9 Å². The Balaban J connectivity index is 2.64. The number of nitrogens with two attached hydrogens (primary N) is 1. The maximum atomic E-state index is 11.6. The lowest BCUT2D eigenvalue weighted by molar-refractivity contribution is -0.144. The molecule has 1 amide bonds. The highest BCUT2D eigenvalue weighted by Gasteiger charge is 2.21. The predicted octanol–water partition coefficient (Wildman–Crippen LogP) is 1.07. The summed E-state index contributed by atoms with van der Waals surface area (Å²) in [6.07, 6.45) is 0. The van der Waals surface area contributed by atoms with Crippen molar-refractivity contribution in [1.82, 2.24) is 5.32 Å². The average Bonchev–Trinajstić information content (AvgIpc) is 2.38.